The highest BCUT2D eigenvalue weighted by molar-refractivity contribution is 5.98. The Kier molecular flexibility index (Phi) is 8.62. The van der Waals surface area contributed by atoms with Crippen molar-refractivity contribution in [1.82, 2.24) is 5.32 Å². The zero-order valence-electron chi connectivity index (χ0n) is 18.9. The summed E-state index contributed by atoms with van der Waals surface area (Å²) in [6.07, 6.45) is -5.98. The van der Waals surface area contributed by atoms with E-state index in [9.17, 15) is 23.1 Å². The van der Waals surface area contributed by atoms with Gasteiger partial charge in [0.25, 0.3) is 0 Å². The van der Waals surface area contributed by atoms with Crippen molar-refractivity contribution >= 4 is 11.7 Å². The van der Waals surface area contributed by atoms with Crippen LogP contribution in [0.4, 0.5) is 13.2 Å². The van der Waals surface area contributed by atoms with Gasteiger partial charge in [0.1, 0.15) is 6.61 Å². The standard InChI is InChI=1S/C26H25F3N2O4/c1-17(20-10-7-18(8-11-20)14-30-15-24(32)25(33)34)31-35-16-19-9-12-22(21-5-3-2-4-6-21)23(13-19)26(27,28)29/h2-13,24,30,32H,14-16H2,1H3,(H,33,34). The molecule has 0 heterocycles. The Hall–Kier alpha value is -3.69. The fraction of sp³-hybridized carbons (Fsp3) is 0.231. The lowest BCUT2D eigenvalue weighted by Gasteiger charge is -2.14. The number of rotatable bonds is 10. The number of carbonyl (C=O) groups is 1. The van der Waals surface area contributed by atoms with Crippen LogP contribution in [0.15, 0.2) is 78.0 Å². The molecule has 6 nitrogen and oxygen atoms in total. The van der Waals surface area contributed by atoms with Crippen LogP contribution in [0.1, 0.15) is 29.2 Å². The molecular weight excluding hydrogens is 461 g/mol. The van der Waals surface area contributed by atoms with Crippen LogP contribution in [0.5, 0.6) is 0 Å². The van der Waals surface area contributed by atoms with Crippen molar-refractivity contribution in [2.24, 2.45) is 5.16 Å². The molecule has 0 spiro atoms. The Labute approximate surface area is 200 Å². The minimum Gasteiger partial charge on any atom is -0.479 e. The smallest absolute Gasteiger partial charge is 0.417 e. The molecule has 3 N–H and O–H groups in total. The second kappa shape index (κ2) is 11.6. The molecule has 3 aromatic rings. The number of nitrogens with one attached hydrogen (secondary N) is 1. The third-order valence-electron chi connectivity index (χ3n) is 5.23. The number of nitrogens with zero attached hydrogens (tertiary/aromatic N) is 1. The van der Waals surface area contributed by atoms with Crippen LogP contribution in [0.3, 0.4) is 0 Å². The maximum Gasteiger partial charge on any atom is 0.417 e. The van der Waals surface area contributed by atoms with Crippen LogP contribution >= 0.6 is 0 Å². The molecule has 0 aliphatic carbocycles. The first-order valence-electron chi connectivity index (χ1n) is 10.8. The minimum absolute atomic E-state index is 0.0756. The molecule has 0 aromatic heterocycles. The summed E-state index contributed by atoms with van der Waals surface area (Å²) in [5.41, 5.74) is 2.38. The summed E-state index contributed by atoms with van der Waals surface area (Å²) >= 11 is 0. The van der Waals surface area contributed by atoms with E-state index in [4.69, 9.17) is 9.94 Å². The first-order chi connectivity index (χ1) is 16.6. The molecule has 1 atom stereocenters. The maximum atomic E-state index is 13.7. The Morgan fingerprint density at radius 2 is 1.69 bits per heavy atom. The van der Waals surface area contributed by atoms with Crippen LogP contribution in [-0.2, 0) is 29.0 Å². The summed E-state index contributed by atoms with van der Waals surface area (Å²) in [4.78, 5) is 15.9. The number of carboxylic acids is 1. The van der Waals surface area contributed by atoms with Gasteiger partial charge < -0.3 is 20.4 Å². The molecule has 0 bridgehead atoms. The van der Waals surface area contributed by atoms with Crippen molar-refractivity contribution in [2.45, 2.75) is 32.4 Å². The number of halogens is 3. The van der Waals surface area contributed by atoms with Gasteiger partial charge in [0, 0.05) is 13.1 Å². The molecule has 3 aromatic carbocycles. The van der Waals surface area contributed by atoms with Crippen molar-refractivity contribution in [2.75, 3.05) is 6.54 Å². The summed E-state index contributed by atoms with van der Waals surface area (Å²) in [5, 5.41) is 24.8. The number of benzene rings is 3. The number of alkyl halides is 3. The number of hydrogen-bond donors (Lipinski definition) is 3. The topological polar surface area (TPSA) is 91.1 Å². The molecule has 9 heteroatoms. The van der Waals surface area contributed by atoms with Gasteiger partial charge in [0.15, 0.2) is 6.10 Å². The van der Waals surface area contributed by atoms with Gasteiger partial charge in [-0.15, -0.1) is 0 Å². The first kappa shape index (κ1) is 25.9. The Morgan fingerprint density at radius 3 is 2.31 bits per heavy atom. The lowest BCUT2D eigenvalue weighted by Crippen LogP contribution is -2.32. The Balaban J connectivity index is 1.62. The fourth-order valence-corrected chi connectivity index (χ4v) is 3.35. The number of oxime groups is 1. The van der Waals surface area contributed by atoms with E-state index in [0.717, 1.165) is 17.2 Å². The summed E-state index contributed by atoms with van der Waals surface area (Å²) in [5.74, 6) is -1.29. The largest absolute Gasteiger partial charge is 0.479 e. The number of aliphatic hydroxyl groups excluding tert-OH is 1. The van der Waals surface area contributed by atoms with E-state index >= 15 is 0 Å². The second-order valence-corrected chi connectivity index (χ2v) is 7.88. The molecule has 0 amide bonds. The molecule has 0 radical (unpaired) electrons. The van der Waals surface area contributed by atoms with Crippen molar-refractivity contribution in [3.63, 3.8) is 0 Å². The number of aliphatic hydroxyl groups is 1. The van der Waals surface area contributed by atoms with Crippen LogP contribution in [-0.4, -0.2) is 34.5 Å². The highest BCUT2D eigenvalue weighted by Gasteiger charge is 2.34. The molecule has 0 aliphatic rings. The van der Waals surface area contributed by atoms with Crippen molar-refractivity contribution < 1.29 is 33.0 Å². The molecule has 0 saturated carbocycles. The van der Waals surface area contributed by atoms with E-state index in [-0.39, 0.29) is 18.7 Å². The number of carboxylic acid groups (broad SMARTS) is 1. The zero-order chi connectivity index (χ0) is 25.4. The van der Waals surface area contributed by atoms with Gasteiger partial charge >= 0.3 is 12.1 Å². The van der Waals surface area contributed by atoms with Gasteiger partial charge in [-0.2, -0.15) is 13.2 Å². The fourth-order valence-electron chi connectivity index (χ4n) is 3.35. The lowest BCUT2D eigenvalue weighted by atomic mass is 9.97. The second-order valence-electron chi connectivity index (χ2n) is 7.88. The van der Waals surface area contributed by atoms with E-state index in [0.29, 0.717) is 23.4 Å². The maximum absolute atomic E-state index is 13.7. The molecule has 1 unspecified atom stereocenters. The normalized spacial score (nSPS) is 12.9. The third-order valence-corrected chi connectivity index (χ3v) is 5.23. The summed E-state index contributed by atoms with van der Waals surface area (Å²) < 4.78 is 41.0. The number of hydrogen-bond acceptors (Lipinski definition) is 5. The number of aliphatic carboxylic acids is 1. The summed E-state index contributed by atoms with van der Waals surface area (Å²) in [6.45, 7) is 1.89. The Morgan fingerprint density at radius 1 is 1.03 bits per heavy atom. The van der Waals surface area contributed by atoms with Crippen molar-refractivity contribution in [3.05, 3.63) is 95.1 Å². The minimum atomic E-state index is -4.51. The van der Waals surface area contributed by atoms with Crippen LogP contribution in [0.2, 0.25) is 0 Å². The predicted molar refractivity (Wildman–Crippen MR) is 126 cm³/mol. The molecule has 0 aliphatic heterocycles. The van der Waals surface area contributed by atoms with E-state index < -0.39 is 23.8 Å². The van der Waals surface area contributed by atoms with Crippen molar-refractivity contribution in [1.29, 1.82) is 0 Å². The summed E-state index contributed by atoms with van der Waals surface area (Å²) in [6, 6.07) is 19.7. The molecule has 35 heavy (non-hydrogen) atoms. The SMILES string of the molecule is CC(=NOCc1ccc(-c2ccccc2)c(C(F)(F)F)c1)c1ccc(CNCC(O)C(=O)O)cc1. The van der Waals surface area contributed by atoms with Crippen molar-refractivity contribution in [3.8, 4) is 11.1 Å². The molecule has 0 fully saturated rings. The summed E-state index contributed by atoms with van der Waals surface area (Å²) in [7, 11) is 0. The average Bonchev–Trinajstić information content (AvgIpc) is 2.84. The van der Waals surface area contributed by atoms with E-state index in [2.05, 4.69) is 10.5 Å². The van der Waals surface area contributed by atoms with Crippen LogP contribution in [0, 0.1) is 0 Å². The van der Waals surface area contributed by atoms with Crippen LogP contribution < -0.4 is 5.32 Å². The van der Waals surface area contributed by atoms with Gasteiger partial charge in [0.05, 0.1) is 11.3 Å². The highest BCUT2D eigenvalue weighted by Crippen LogP contribution is 2.37. The Bertz CT molecular complexity index is 1160. The van der Waals surface area contributed by atoms with E-state index in [1.54, 1.807) is 55.5 Å². The first-order valence-corrected chi connectivity index (χ1v) is 10.8. The van der Waals surface area contributed by atoms with Gasteiger partial charge in [-0.05, 0) is 40.8 Å². The third kappa shape index (κ3) is 7.40. The zero-order valence-corrected chi connectivity index (χ0v) is 18.9. The monoisotopic (exact) mass is 486 g/mol. The lowest BCUT2D eigenvalue weighted by molar-refractivity contribution is -0.146. The van der Waals surface area contributed by atoms with Gasteiger partial charge in [0.2, 0.25) is 0 Å². The predicted octanol–water partition coefficient (Wildman–Crippen LogP) is 4.85. The van der Waals surface area contributed by atoms with Gasteiger partial charge in [-0.25, -0.2) is 4.79 Å². The van der Waals surface area contributed by atoms with Crippen LogP contribution in [0.25, 0.3) is 11.1 Å². The average molecular weight is 486 g/mol. The van der Waals surface area contributed by atoms with Gasteiger partial charge in [-0.1, -0.05) is 71.9 Å². The highest BCUT2D eigenvalue weighted by atomic mass is 19.4. The quantitative estimate of drug-likeness (QED) is 0.282. The molecule has 3 rings (SSSR count). The van der Waals surface area contributed by atoms with E-state index in [1.807, 2.05) is 12.1 Å². The molecule has 0 saturated heterocycles. The molecular formula is C26H25F3N2O4. The van der Waals surface area contributed by atoms with Gasteiger partial charge in [-0.3, -0.25) is 0 Å². The molecule has 184 valence electrons. The van der Waals surface area contributed by atoms with E-state index in [1.165, 1.54) is 6.07 Å².